The minimum atomic E-state index is -4.12. The Morgan fingerprint density at radius 3 is 2.21 bits per heavy atom. The largest absolute Gasteiger partial charge is 0.387 e. The Morgan fingerprint density at radius 1 is 1.29 bits per heavy atom. The van der Waals surface area contributed by atoms with Crippen molar-refractivity contribution in [2.24, 2.45) is 5.14 Å². The van der Waals surface area contributed by atoms with Crippen molar-refractivity contribution in [2.45, 2.75) is 24.6 Å². The van der Waals surface area contributed by atoms with Crippen molar-refractivity contribution >= 4 is 10.3 Å². The summed E-state index contributed by atoms with van der Waals surface area (Å²) < 4.78 is 29.4. The highest BCUT2D eigenvalue weighted by Gasteiger charge is 2.42. The standard InChI is InChI=1S/C5H11NO7S/c6-14(10,11)12-1-2-3(7)4(8)5(9)13-2/h2-5,7-9H,1H2,(H2,6,10,11). The monoisotopic (exact) mass is 229 g/mol. The predicted octanol–water partition coefficient (Wildman–Crippen LogP) is -3.35. The zero-order chi connectivity index (χ0) is 10.9. The summed E-state index contributed by atoms with van der Waals surface area (Å²) in [5, 5.41) is 31.6. The van der Waals surface area contributed by atoms with Crippen LogP contribution in [0.3, 0.4) is 0 Å². The molecule has 14 heavy (non-hydrogen) atoms. The minimum Gasteiger partial charge on any atom is -0.387 e. The molecule has 4 atom stereocenters. The molecule has 0 aromatic carbocycles. The zero-order valence-corrected chi connectivity index (χ0v) is 7.79. The first kappa shape index (κ1) is 11.8. The quantitative estimate of drug-likeness (QED) is 0.396. The van der Waals surface area contributed by atoms with Crippen molar-refractivity contribution in [2.75, 3.05) is 6.61 Å². The Labute approximate surface area is 80.1 Å². The Hall–Kier alpha value is -0.290. The Bertz CT molecular complexity index is 290. The molecule has 1 fully saturated rings. The SMILES string of the molecule is NS(=O)(=O)OCC1OC(O)C(O)C1O. The zero-order valence-electron chi connectivity index (χ0n) is 6.98. The van der Waals surface area contributed by atoms with Crippen LogP contribution in [0.4, 0.5) is 0 Å². The number of aliphatic hydroxyl groups is 3. The van der Waals surface area contributed by atoms with Gasteiger partial charge in [0.2, 0.25) is 0 Å². The van der Waals surface area contributed by atoms with Crippen LogP contribution in [0.2, 0.25) is 0 Å². The molecule has 4 unspecified atom stereocenters. The summed E-state index contributed by atoms with van der Waals surface area (Å²) >= 11 is 0. The van der Waals surface area contributed by atoms with Crippen molar-refractivity contribution in [3.05, 3.63) is 0 Å². The van der Waals surface area contributed by atoms with Crippen molar-refractivity contribution in [3.63, 3.8) is 0 Å². The molecule has 1 rings (SSSR count). The van der Waals surface area contributed by atoms with E-state index in [-0.39, 0.29) is 0 Å². The second kappa shape index (κ2) is 4.06. The number of hydrogen-bond acceptors (Lipinski definition) is 7. The normalized spacial score (nSPS) is 38.9. The van der Waals surface area contributed by atoms with E-state index in [1.165, 1.54) is 0 Å². The number of hydrogen-bond donors (Lipinski definition) is 4. The van der Waals surface area contributed by atoms with Crippen molar-refractivity contribution < 1.29 is 32.7 Å². The molecule has 0 aliphatic carbocycles. The Morgan fingerprint density at radius 2 is 1.86 bits per heavy atom. The molecule has 84 valence electrons. The average Bonchev–Trinajstić information content (AvgIpc) is 2.28. The minimum absolute atomic E-state index is 0.561. The fourth-order valence-corrected chi connectivity index (χ4v) is 1.35. The van der Waals surface area contributed by atoms with Crippen molar-refractivity contribution in [1.29, 1.82) is 0 Å². The van der Waals surface area contributed by atoms with Gasteiger partial charge in [0.1, 0.15) is 18.3 Å². The molecule has 8 nitrogen and oxygen atoms in total. The molecule has 1 heterocycles. The number of nitrogens with two attached hydrogens (primary N) is 1. The molecule has 1 aliphatic rings. The molecule has 0 amide bonds. The first-order valence-corrected chi connectivity index (χ1v) is 5.15. The Balaban J connectivity index is 2.48. The van der Waals surface area contributed by atoms with Gasteiger partial charge in [-0.05, 0) is 0 Å². The molecular formula is C5H11NO7S. The van der Waals surface area contributed by atoms with Gasteiger partial charge < -0.3 is 20.1 Å². The first-order chi connectivity index (χ1) is 6.31. The lowest BCUT2D eigenvalue weighted by Crippen LogP contribution is -2.35. The van der Waals surface area contributed by atoms with E-state index in [1.54, 1.807) is 0 Å². The average molecular weight is 229 g/mol. The summed E-state index contributed by atoms with van der Waals surface area (Å²) in [5.74, 6) is 0. The van der Waals surface area contributed by atoms with Gasteiger partial charge in [-0.15, -0.1) is 0 Å². The number of aliphatic hydroxyl groups excluding tert-OH is 3. The highest BCUT2D eigenvalue weighted by molar-refractivity contribution is 7.84. The lowest BCUT2D eigenvalue weighted by atomic mass is 10.1. The van der Waals surface area contributed by atoms with E-state index in [0.717, 1.165) is 0 Å². The molecule has 0 saturated carbocycles. The van der Waals surface area contributed by atoms with Gasteiger partial charge >= 0.3 is 10.3 Å². The van der Waals surface area contributed by atoms with Gasteiger partial charge in [-0.25, -0.2) is 5.14 Å². The summed E-state index contributed by atoms with van der Waals surface area (Å²) in [7, 11) is -4.12. The van der Waals surface area contributed by atoms with E-state index in [2.05, 4.69) is 14.1 Å². The predicted molar refractivity (Wildman–Crippen MR) is 42.0 cm³/mol. The van der Waals surface area contributed by atoms with Gasteiger partial charge in [0.25, 0.3) is 0 Å². The van der Waals surface area contributed by atoms with Gasteiger partial charge in [-0.2, -0.15) is 8.42 Å². The van der Waals surface area contributed by atoms with Crippen LogP contribution in [-0.2, 0) is 19.2 Å². The van der Waals surface area contributed by atoms with Crippen LogP contribution < -0.4 is 5.14 Å². The fraction of sp³-hybridized carbons (Fsp3) is 1.00. The number of ether oxygens (including phenoxy) is 1. The lowest BCUT2D eigenvalue weighted by Gasteiger charge is -2.12. The lowest BCUT2D eigenvalue weighted by molar-refractivity contribution is -0.131. The molecule has 0 spiro atoms. The van der Waals surface area contributed by atoms with Crippen LogP contribution in [0.1, 0.15) is 0 Å². The summed E-state index contributed by atoms with van der Waals surface area (Å²) in [6.45, 7) is -0.561. The van der Waals surface area contributed by atoms with Gasteiger partial charge in [-0.3, -0.25) is 4.18 Å². The second-order valence-electron chi connectivity index (χ2n) is 2.82. The van der Waals surface area contributed by atoms with Crippen LogP contribution in [0.25, 0.3) is 0 Å². The van der Waals surface area contributed by atoms with E-state index in [0.29, 0.717) is 0 Å². The van der Waals surface area contributed by atoms with Crippen LogP contribution in [0.5, 0.6) is 0 Å². The molecular weight excluding hydrogens is 218 g/mol. The molecule has 1 saturated heterocycles. The molecule has 0 bridgehead atoms. The van der Waals surface area contributed by atoms with E-state index >= 15 is 0 Å². The summed E-state index contributed by atoms with van der Waals surface area (Å²) in [4.78, 5) is 0. The molecule has 0 radical (unpaired) electrons. The van der Waals surface area contributed by atoms with Gasteiger partial charge in [0.15, 0.2) is 6.29 Å². The van der Waals surface area contributed by atoms with E-state index in [1.807, 2.05) is 0 Å². The third kappa shape index (κ3) is 2.85. The third-order valence-corrected chi connectivity index (χ3v) is 2.20. The van der Waals surface area contributed by atoms with Gasteiger partial charge in [-0.1, -0.05) is 0 Å². The molecule has 5 N–H and O–H groups in total. The topological polar surface area (TPSA) is 139 Å². The first-order valence-electron chi connectivity index (χ1n) is 3.68. The molecule has 1 aliphatic heterocycles. The van der Waals surface area contributed by atoms with Gasteiger partial charge in [0.05, 0.1) is 6.61 Å². The molecule has 0 aromatic rings. The summed E-state index contributed by atoms with van der Waals surface area (Å²) in [6.07, 6.45) is -5.58. The fourth-order valence-electron chi connectivity index (χ4n) is 1.03. The van der Waals surface area contributed by atoms with E-state index in [4.69, 9.17) is 10.2 Å². The smallest absolute Gasteiger partial charge is 0.333 e. The third-order valence-electron chi connectivity index (χ3n) is 1.73. The van der Waals surface area contributed by atoms with Crippen LogP contribution in [0, 0.1) is 0 Å². The summed E-state index contributed by atoms with van der Waals surface area (Å²) in [6, 6.07) is 0. The van der Waals surface area contributed by atoms with Crippen molar-refractivity contribution in [1.82, 2.24) is 0 Å². The van der Waals surface area contributed by atoms with Crippen LogP contribution in [0.15, 0.2) is 0 Å². The second-order valence-corrected chi connectivity index (χ2v) is 4.04. The van der Waals surface area contributed by atoms with Crippen LogP contribution >= 0.6 is 0 Å². The maximum atomic E-state index is 10.4. The highest BCUT2D eigenvalue weighted by atomic mass is 32.2. The molecule has 9 heteroatoms. The Kier molecular flexibility index (Phi) is 3.42. The van der Waals surface area contributed by atoms with Gasteiger partial charge in [0, 0.05) is 0 Å². The van der Waals surface area contributed by atoms with E-state index < -0.39 is 41.5 Å². The maximum Gasteiger partial charge on any atom is 0.333 e. The van der Waals surface area contributed by atoms with Crippen LogP contribution in [-0.4, -0.2) is 54.9 Å². The van der Waals surface area contributed by atoms with Crippen molar-refractivity contribution in [3.8, 4) is 0 Å². The van der Waals surface area contributed by atoms with E-state index in [9.17, 15) is 13.5 Å². The number of rotatable bonds is 3. The summed E-state index contributed by atoms with van der Waals surface area (Å²) in [5.41, 5.74) is 0. The maximum absolute atomic E-state index is 10.4. The molecule has 0 aromatic heterocycles. The highest BCUT2D eigenvalue weighted by Crippen LogP contribution is 2.19.